The van der Waals surface area contributed by atoms with Gasteiger partial charge >= 0.3 is 0 Å². The first kappa shape index (κ1) is 20.5. The first-order valence-electron chi connectivity index (χ1n) is 9.72. The van der Waals surface area contributed by atoms with Crippen LogP contribution in [-0.2, 0) is 29.1 Å². The van der Waals surface area contributed by atoms with Gasteiger partial charge in [0.25, 0.3) is 5.91 Å². The van der Waals surface area contributed by atoms with Crippen LogP contribution >= 0.6 is 11.3 Å². The Morgan fingerprint density at radius 1 is 1.23 bits per heavy atom. The maximum Gasteiger partial charge on any atom is 0.257 e. The fourth-order valence-corrected chi connectivity index (χ4v) is 5.13. The molecular weight excluding hydrogens is 407 g/mol. The lowest BCUT2D eigenvalue weighted by molar-refractivity contribution is -0.133. The smallest absolute Gasteiger partial charge is 0.257 e. The minimum absolute atomic E-state index is 0.00124. The number of amides is 3. The van der Waals surface area contributed by atoms with Gasteiger partial charge < -0.3 is 15.1 Å². The Balaban J connectivity index is 1.43. The van der Waals surface area contributed by atoms with Gasteiger partial charge in [-0.25, -0.2) is 4.39 Å². The number of halogens is 1. The van der Waals surface area contributed by atoms with E-state index in [2.05, 4.69) is 5.32 Å². The number of nitrogens with zero attached hydrogens (tertiary/aromatic N) is 3. The van der Waals surface area contributed by atoms with Gasteiger partial charge in [0.2, 0.25) is 11.8 Å². The molecule has 158 valence electrons. The van der Waals surface area contributed by atoms with E-state index in [9.17, 15) is 18.8 Å². The van der Waals surface area contributed by atoms with Crippen molar-refractivity contribution in [2.24, 2.45) is 0 Å². The summed E-state index contributed by atoms with van der Waals surface area (Å²) in [5.41, 5.74) is 2.45. The number of nitrogens with one attached hydrogen (secondary N) is 1. The molecule has 0 spiro atoms. The number of thiophene rings is 1. The Morgan fingerprint density at radius 3 is 2.70 bits per heavy atom. The summed E-state index contributed by atoms with van der Waals surface area (Å²) in [5.74, 6) is -0.642. The predicted octanol–water partition coefficient (Wildman–Crippen LogP) is 1.93. The number of carbonyl (C=O) groups excluding carboxylic acids is 3. The molecule has 1 aromatic heterocycles. The monoisotopic (exact) mass is 430 g/mol. The summed E-state index contributed by atoms with van der Waals surface area (Å²) in [6.07, 6.45) is 0.587. The number of benzene rings is 1. The SMILES string of the molecule is CN(CC(=O)N1CCc2c(sc3c2C(=O)N(C)CC(=O)N3)C1)Cc1ccc(F)cc1. The van der Waals surface area contributed by atoms with E-state index in [1.54, 1.807) is 24.1 Å². The summed E-state index contributed by atoms with van der Waals surface area (Å²) in [6.45, 7) is 1.80. The van der Waals surface area contributed by atoms with Gasteiger partial charge in [0.15, 0.2) is 0 Å². The lowest BCUT2D eigenvalue weighted by atomic mass is 10.0. The summed E-state index contributed by atoms with van der Waals surface area (Å²) in [4.78, 5) is 43.6. The van der Waals surface area contributed by atoms with Crippen molar-refractivity contribution in [1.29, 1.82) is 0 Å². The van der Waals surface area contributed by atoms with Crippen LogP contribution in [-0.4, -0.2) is 66.2 Å². The Hall–Kier alpha value is -2.78. The van der Waals surface area contributed by atoms with Gasteiger partial charge in [-0.1, -0.05) is 12.1 Å². The number of likely N-dealkylation sites (N-methyl/N-ethyl adjacent to an activating group) is 2. The maximum atomic E-state index is 13.1. The van der Waals surface area contributed by atoms with Crippen LogP contribution in [0.4, 0.5) is 9.39 Å². The van der Waals surface area contributed by atoms with Crippen molar-refractivity contribution in [3.63, 3.8) is 0 Å². The number of hydrogen-bond donors (Lipinski definition) is 1. The molecule has 2 aliphatic heterocycles. The third-order valence-corrected chi connectivity index (χ3v) is 6.51. The second-order valence-electron chi connectivity index (χ2n) is 7.78. The van der Waals surface area contributed by atoms with E-state index < -0.39 is 0 Å². The molecule has 0 saturated carbocycles. The lowest BCUT2D eigenvalue weighted by Gasteiger charge is -2.29. The number of anilines is 1. The molecule has 30 heavy (non-hydrogen) atoms. The average Bonchev–Trinajstić information content (AvgIpc) is 3.00. The summed E-state index contributed by atoms with van der Waals surface area (Å²) in [5, 5.41) is 3.41. The number of carbonyl (C=O) groups is 3. The minimum atomic E-state index is -0.281. The summed E-state index contributed by atoms with van der Waals surface area (Å²) in [7, 11) is 3.48. The van der Waals surface area contributed by atoms with Crippen LogP contribution in [0.25, 0.3) is 0 Å². The maximum absolute atomic E-state index is 13.1. The summed E-state index contributed by atoms with van der Waals surface area (Å²) >= 11 is 1.38. The molecule has 1 N–H and O–H groups in total. The average molecular weight is 431 g/mol. The van der Waals surface area contributed by atoms with Gasteiger partial charge in [-0.3, -0.25) is 19.3 Å². The van der Waals surface area contributed by atoms with E-state index >= 15 is 0 Å². The van der Waals surface area contributed by atoms with E-state index in [0.29, 0.717) is 36.6 Å². The van der Waals surface area contributed by atoms with Crippen molar-refractivity contribution in [2.75, 3.05) is 39.0 Å². The standard InChI is InChI=1S/C21H23FN4O3S/c1-24(9-13-3-5-14(22)6-4-13)12-18(28)26-8-7-15-16(10-26)30-20-19(15)21(29)25(2)11-17(27)23-20/h3-6H,7-12H2,1-2H3,(H,23,27). The lowest BCUT2D eigenvalue weighted by Crippen LogP contribution is -2.41. The van der Waals surface area contributed by atoms with E-state index in [4.69, 9.17) is 0 Å². The van der Waals surface area contributed by atoms with Crippen LogP contribution in [0, 0.1) is 5.82 Å². The molecule has 3 heterocycles. The normalized spacial score (nSPS) is 16.3. The largest absolute Gasteiger partial charge is 0.336 e. The highest BCUT2D eigenvalue weighted by molar-refractivity contribution is 7.17. The van der Waals surface area contributed by atoms with Crippen LogP contribution in [0.3, 0.4) is 0 Å². The topological polar surface area (TPSA) is 73.0 Å². The number of rotatable bonds is 4. The van der Waals surface area contributed by atoms with Gasteiger partial charge in [0.05, 0.1) is 25.2 Å². The van der Waals surface area contributed by atoms with Crippen LogP contribution in [0.5, 0.6) is 0 Å². The molecule has 0 unspecified atom stereocenters. The first-order chi connectivity index (χ1) is 14.3. The van der Waals surface area contributed by atoms with Crippen molar-refractivity contribution in [1.82, 2.24) is 14.7 Å². The molecule has 9 heteroatoms. The van der Waals surface area contributed by atoms with Crippen molar-refractivity contribution < 1.29 is 18.8 Å². The quantitative estimate of drug-likeness (QED) is 0.805. The highest BCUT2D eigenvalue weighted by Gasteiger charge is 2.33. The Kier molecular flexibility index (Phi) is 5.57. The molecule has 1 aromatic carbocycles. The minimum Gasteiger partial charge on any atom is -0.336 e. The molecule has 0 atom stereocenters. The van der Waals surface area contributed by atoms with E-state index in [1.807, 2.05) is 11.9 Å². The van der Waals surface area contributed by atoms with E-state index in [-0.39, 0.29) is 36.6 Å². The van der Waals surface area contributed by atoms with E-state index in [1.165, 1.54) is 28.4 Å². The Bertz CT molecular complexity index is 1000. The van der Waals surface area contributed by atoms with Crippen molar-refractivity contribution in [3.05, 3.63) is 51.7 Å². The fourth-order valence-electron chi connectivity index (χ4n) is 3.86. The number of hydrogen-bond acceptors (Lipinski definition) is 5. The van der Waals surface area contributed by atoms with Crippen LogP contribution in [0.15, 0.2) is 24.3 Å². The zero-order chi connectivity index (χ0) is 21.4. The van der Waals surface area contributed by atoms with Crippen molar-refractivity contribution in [3.8, 4) is 0 Å². The van der Waals surface area contributed by atoms with Gasteiger partial charge in [-0.15, -0.1) is 11.3 Å². The third-order valence-electron chi connectivity index (χ3n) is 5.37. The van der Waals surface area contributed by atoms with Gasteiger partial charge in [-0.2, -0.15) is 0 Å². The van der Waals surface area contributed by atoms with E-state index in [0.717, 1.165) is 16.0 Å². The second-order valence-corrected chi connectivity index (χ2v) is 8.89. The van der Waals surface area contributed by atoms with Crippen molar-refractivity contribution in [2.45, 2.75) is 19.5 Å². The molecule has 0 fully saturated rings. The van der Waals surface area contributed by atoms with Gasteiger partial charge in [-0.05, 0) is 36.7 Å². The second kappa shape index (κ2) is 8.16. The molecular formula is C21H23FN4O3S. The molecule has 2 aromatic rings. The summed E-state index contributed by atoms with van der Waals surface area (Å²) < 4.78 is 13.1. The van der Waals surface area contributed by atoms with Gasteiger partial charge in [0, 0.05) is 25.0 Å². The summed E-state index contributed by atoms with van der Waals surface area (Å²) in [6, 6.07) is 6.25. The Labute approximate surface area is 178 Å². The van der Waals surface area contributed by atoms with Crippen LogP contribution < -0.4 is 5.32 Å². The van der Waals surface area contributed by atoms with Crippen LogP contribution in [0.1, 0.15) is 26.4 Å². The Morgan fingerprint density at radius 2 is 1.97 bits per heavy atom. The zero-order valence-electron chi connectivity index (χ0n) is 16.9. The highest BCUT2D eigenvalue weighted by Crippen LogP contribution is 2.38. The predicted molar refractivity (Wildman–Crippen MR) is 112 cm³/mol. The molecule has 0 bridgehead atoms. The number of fused-ring (bicyclic) bond motifs is 3. The zero-order valence-corrected chi connectivity index (χ0v) is 17.7. The van der Waals surface area contributed by atoms with Crippen LogP contribution in [0.2, 0.25) is 0 Å². The highest BCUT2D eigenvalue weighted by atomic mass is 32.1. The van der Waals surface area contributed by atoms with Gasteiger partial charge in [0.1, 0.15) is 10.8 Å². The molecule has 0 radical (unpaired) electrons. The molecule has 7 nitrogen and oxygen atoms in total. The molecule has 3 amide bonds. The molecule has 0 aliphatic carbocycles. The molecule has 0 saturated heterocycles. The molecule has 2 aliphatic rings. The fraction of sp³-hybridized carbons (Fsp3) is 0.381. The first-order valence-corrected chi connectivity index (χ1v) is 10.5. The van der Waals surface area contributed by atoms with Crippen molar-refractivity contribution >= 4 is 34.1 Å². The molecule has 4 rings (SSSR count). The third kappa shape index (κ3) is 4.08.